The van der Waals surface area contributed by atoms with Crippen molar-refractivity contribution in [3.63, 3.8) is 0 Å². The molecule has 0 bridgehead atoms. The number of thiophene rings is 1. The minimum absolute atomic E-state index is 0.0946. The summed E-state index contributed by atoms with van der Waals surface area (Å²) in [5, 5.41) is 1.50. The summed E-state index contributed by atoms with van der Waals surface area (Å²) in [5.74, 6) is 0.999. The summed E-state index contributed by atoms with van der Waals surface area (Å²) >= 11 is 2.96. The van der Waals surface area contributed by atoms with Crippen molar-refractivity contribution in [2.75, 3.05) is 25.6 Å². The summed E-state index contributed by atoms with van der Waals surface area (Å²) in [4.78, 5) is 25.5. The topological polar surface area (TPSA) is 81.3 Å². The molecule has 164 valence electrons. The van der Waals surface area contributed by atoms with Gasteiger partial charge in [0.15, 0.2) is 16.7 Å². The van der Waals surface area contributed by atoms with Gasteiger partial charge >= 0.3 is 0 Å². The zero-order valence-corrected chi connectivity index (χ0v) is 19.4. The molecule has 1 amide bonds. The molecule has 1 aromatic carbocycles. The molecule has 1 unspecified atom stereocenters. The number of nitrogens with zero attached hydrogens (tertiary/aromatic N) is 3. The molecule has 0 saturated carbocycles. The van der Waals surface area contributed by atoms with E-state index in [0.29, 0.717) is 29.0 Å². The van der Waals surface area contributed by atoms with E-state index in [1.54, 1.807) is 35.4 Å². The number of nitrogens with two attached hydrogens (primary N) is 1. The van der Waals surface area contributed by atoms with E-state index in [4.69, 9.17) is 10.5 Å². The van der Waals surface area contributed by atoms with Gasteiger partial charge in [-0.15, -0.1) is 11.3 Å². The van der Waals surface area contributed by atoms with E-state index in [1.807, 2.05) is 0 Å². The summed E-state index contributed by atoms with van der Waals surface area (Å²) in [7, 11) is 3.11. The Bertz CT molecular complexity index is 1130. The van der Waals surface area contributed by atoms with E-state index in [2.05, 4.69) is 16.9 Å². The first-order chi connectivity index (χ1) is 14.9. The smallest absolute Gasteiger partial charge is 0.233 e. The molecular weight excluding hydrogens is 435 g/mol. The number of nitrogen functional groups attached to an aromatic ring is 1. The van der Waals surface area contributed by atoms with Crippen molar-refractivity contribution >= 4 is 45.0 Å². The number of carbonyl (C=O) groups excluding carboxylic acids is 1. The average Bonchev–Trinajstić information content (AvgIpc) is 3.09. The fourth-order valence-corrected chi connectivity index (χ4v) is 6.06. The quantitative estimate of drug-likeness (QED) is 0.436. The first-order valence-corrected chi connectivity index (χ1v) is 11.9. The highest BCUT2D eigenvalue weighted by Crippen LogP contribution is 2.39. The van der Waals surface area contributed by atoms with Crippen molar-refractivity contribution in [2.24, 2.45) is 5.92 Å². The van der Waals surface area contributed by atoms with Gasteiger partial charge in [0, 0.05) is 18.5 Å². The normalized spacial score (nSPS) is 15.7. The predicted molar refractivity (Wildman–Crippen MR) is 123 cm³/mol. The van der Waals surface area contributed by atoms with Gasteiger partial charge in [-0.05, 0) is 48.4 Å². The van der Waals surface area contributed by atoms with Crippen molar-refractivity contribution in [3.05, 3.63) is 40.0 Å². The number of benzene rings is 1. The van der Waals surface area contributed by atoms with Gasteiger partial charge in [0.2, 0.25) is 5.91 Å². The Labute approximate surface area is 189 Å². The lowest BCUT2D eigenvalue weighted by atomic mass is 9.89. The molecule has 6 nitrogen and oxygen atoms in total. The minimum atomic E-state index is -0.444. The average molecular weight is 461 g/mol. The van der Waals surface area contributed by atoms with E-state index >= 15 is 0 Å². The van der Waals surface area contributed by atoms with E-state index in [0.717, 1.165) is 29.5 Å². The van der Waals surface area contributed by atoms with Gasteiger partial charge in [-0.25, -0.2) is 14.4 Å². The van der Waals surface area contributed by atoms with Crippen LogP contribution in [0.15, 0.2) is 23.4 Å². The molecule has 0 fully saturated rings. The summed E-state index contributed by atoms with van der Waals surface area (Å²) in [6, 6.07) is 4.69. The number of halogens is 1. The van der Waals surface area contributed by atoms with Crippen LogP contribution >= 0.6 is 23.1 Å². The molecule has 0 radical (unpaired) electrons. The number of carbonyl (C=O) groups is 1. The highest BCUT2D eigenvalue weighted by molar-refractivity contribution is 7.99. The maximum atomic E-state index is 13.9. The van der Waals surface area contributed by atoms with Crippen LogP contribution in [0.4, 0.5) is 10.2 Å². The molecule has 1 atom stereocenters. The van der Waals surface area contributed by atoms with Crippen LogP contribution in [0.1, 0.15) is 29.3 Å². The number of methoxy groups -OCH3 is 1. The van der Waals surface area contributed by atoms with Gasteiger partial charge in [-0.1, -0.05) is 24.8 Å². The lowest BCUT2D eigenvalue weighted by molar-refractivity contribution is -0.127. The van der Waals surface area contributed by atoms with Gasteiger partial charge < -0.3 is 15.4 Å². The van der Waals surface area contributed by atoms with Crippen LogP contribution in [0.2, 0.25) is 0 Å². The van der Waals surface area contributed by atoms with E-state index in [1.165, 1.54) is 35.4 Å². The molecule has 3 aromatic rings. The molecule has 0 spiro atoms. The molecule has 2 aromatic heterocycles. The number of ether oxygens (including phenoxy) is 1. The molecule has 2 N–H and O–H groups in total. The van der Waals surface area contributed by atoms with Crippen LogP contribution in [-0.4, -0.2) is 40.7 Å². The number of aryl methyl sites for hydroxylation is 1. The zero-order chi connectivity index (χ0) is 22.1. The van der Waals surface area contributed by atoms with Crippen LogP contribution in [0.5, 0.6) is 5.75 Å². The number of rotatable bonds is 6. The third kappa shape index (κ3) is 4.62. The Hall–Kier alpha value is -2.39. The molecule has 9 heteroatoms. The molecule has 0 aliphatic heterocycles. The number of aromatic nitrogens is 2. The maximum absolute atomic E-state index is 13.9. The van der Waals surface area contributed by atoms with Crippen LogP contribution in [0.3, 0.4) is 0 Å². The Morgan fingerprint density at radius 2 is 2.23 bits per heavy atom. The minimum Gasteiger partial charge on any atom is -0.494 e. The summed E-state index contributed by atoms with van der Waals surface area (Å²) in [5.41, 5.74) is 8.26. The van der Waals surface area contributed by atoms with Crippen molar-refractivity contribution < 1.29 is 13.9 Å². The number of anilines is 1. The maximum Gasteiger partial charge on any atom is 0.233 e. The first kappa shape index (κ1) is 21.8. The molecule has 0 saturated heterocycles. The zero-order valence-electron chi connectivity index (χ0n) is 17.8. The van der Waals surface area contributed by atoms with Crippen LogP contribution < -0.4 is 10.5 Å². The molecule has 1 aliphatic carbocycles. The van der Waals surface area contributed by atoms with Crippen LogP contribution in [0.25, 0.3) is 10.2 Å². The van der Waals surface area contributed by atoms with E-state index in [9.17, 15) is 9.18 Å². The third-order valence-electron chi connectivity index (χ3n) is 5.55. The fraction of sp³-hybridized carbons (Fsp3) is 0.409. The number of hydrogen-bond donors (Lipinski definition) is 1. The van der Waals surface area contributed by atoms with Gasteiger partial charge in [0.1, 0.15) is 10.6 Å². The van der Waals surface area contributed by atoms with Crippen molar-refractivity contribution in [1.29, 1.82) is 0 Å². The molecule has 31 heavy (non-hydrogen) atoms. The number of fused-ring (bicyclic) bond motifs is 3. The van der Waals surface area contributed by atoms with E-state index in [-0.39, 0.29) is 17.4 Å². The van der Waals surface area contributed by atoms with Crippen LogP contribution in [-0.2, 0) is 24.2 Å². The number of thioether (sulfide) groups is 1. The molecule has 2 heterocycles. The van der Waals surface area contributed by atoms with Crippen molar-refractivity contribution in [1.82, 2.24) is 14.9 Å². The van der Waals surface area contributed by atoms with Crippen molar-refractivity contribution in [3.8, 4) is 5.75 Å². The molecule has 1 aliphatic rings. The SMILES string of the molecule is COc1ccc(CN(C)C(=O)CSc2nc(N)c3c4c(sc3n2)CC(C)CC4)cc1F. The summed E-state index contributed by atoms with van der Waals surface area (Å²) in [6.45, 7) is 2.57. The molecule has 4 rings (SSSR count). The van der Waals surface area contributed by atoms with Gasteiger partial charge in [-0.3, -0.25) is 4.79 Å². The number of hydrogen-bond acceptors (Lipinski definition) is 7. The second kappa shape index (κ2) is 9.00. The Balaban J connectivity index is 1.42. The Morgan fingerprint density at radius 3 is 2.97 bits per heavy atom. The largest absolute Gasteiger partial charge is 0.494 e. The predicted octanol–water partition coefficient (Wildman–Crippen LogP) is 4.30. The fourth-order valence-electron chi connectivity index (χ4n) is 3.82. The monoisotopic (exact) mass is 460 g/mol. The van der Waals surface area contributed by atoms with Gasteiger partial charge in [-0.2, -0.15) is 0 Å². The standard InChI is InChI=1S/C22H25FN4O2S2/c1-12-4-6-14-17(8-12)31-21-19(14)20(24)25-22(26-21)30-11-18(28)27(2)10-13-5-7-16(29-3)15(23)9-13/h5,7,9,12H,4,6,8,10-11H2,1-3H3,(H2,24,25,26). The summed E-state index contributed by atoms with van der Waals surface area (Å²) in [6.07, 6.45) is 3.24. The van der Waals surface area contributed by atoms with Gasteiger partial charge in [0.05, 0.1) is 18.2 Å². The lowest BCUT2D eigenvalue weighted by Crippen LogP contribution is -2.27. The number of amides is 1. The highest BCUT2D eigenvalue weighted by atomic mass is 32.2. The third-order valence-corrected chi connectivity index (χ3v) is 7.53. The summed E-state index contributed by atoms with van der Waals surface area (Å²) < 4.78 is 18.8. The lowest BCUT2D eigenvalue weighted by Gasteiger charge is -2.18. The highest BCUT2D eigenvalue weighted by Gasteiger charge is 2.23. The Kier molecular flexibility index (Phi) is 6.34. The molecular formula is C22H25FN4O2S2. The van der Waals surface area contributed by atoms with Crippen LogP contribution in [0, 0.1) is 11.7 Å². The second-order valence-electron chi connectivity index (χ2n) is 7.93. The first-order valence-electron chi connectivity index (χ1n) is 10.1. The Morgan fingerprint density at radius 1 is 1.42 bits per heavy atom. The van der Waals surface area contributed by atoms with E-state index < -0.39 is 5.82 Å². The second-order valence-corrected chi connectivity index (χ2v) is 9.96. The van der Waals surface area contributed by atoms with Gasteiger partial charge in [0.25, 0.3) is 0 Å². The van der Waals surface area contributed by atoms with Crippen molar-refractivity contribution in [2.45, 2.75) is 37.9 Å².